The van der Waals surface area contributed by atoms with E-state index in [4.69, 9.17) is 21.4 Å². The van der Waals surface area contributed by atoms with Crippen LogP contribution in [0.3, 0.4) is 0 Å². The Kier molecular flexibility index (Phi) is 7.22. The van der Waals surface area contributed by atoms with Gasteiger partial charge in [0.15, 0.2) is 17.4 Å². The SMILES string of the molecule is CCCS(=O)(=O)Nc1cc(F)c(F)c(C(=O)c2ccc3ncc(OCCO)nc3c2)c1Cl. The molecule has 2 aromatic carbocycles. The van der Waals surface area contributed by atoms with E-state index in [0.29, 0.717) is 11.6 Å². The minimum Gasteiger partial charge on any atom is -0.474 e. The number of halogens is 3. The number of anilines is 1. The van der Waals surface area contributed by atoms with Crippen molar-refractivity contribution in [1.29, 1.82) is 0 Å². The van der Waals surface area contributed by atoms with Gasteiger partial charge in [0.05, 0.1) is 45.9 Å². The Bertz CT molecular complexity index is 1290. The average Bonchev–Trinajstić information content (AvgIpc) is 2.75. The second kappa shape index (κ2) is 9.72. The number of sulfonamides is 1. The zero-order chi connectivity index (χ0) is 23.5. The number of nitrogens with one attached hydrogen (secondary N) is 1. The maximum absolute atomic E-state index is 14.5. The molecule has 3 rings (SSSR count). The van der Waals surface area contributed by atoms with Gasteiger partial charge < -0.3 is 9.84 Å². The lowest BCUT2D eigenvalue weighted by Crippen LogP contribution is -2.18. The third-order valence-corrected chi connectivity index (χ3v) is 6.11. The summed E-state index contributed by atoms with van der Waals surface area (Å²) in [6.45, 7) is 1.38. The van der Waals surface area contributed by atoms with Crippen molar-refractivity contribution in [2.75, 3.05) is 23.7 Å². The van der Waals surface area contributed by atoms with E-state index < -0.39 is 43.7 Å². The first-order valence-electron chi connectivity index (χ1n) is 9.40. The third kappa shape index (κ3) is 5.12. The number of rotatable bonds is 9. The number of aliphatic hydroxyl groups is 1. The number of hydrogen-bond acceptors (Lipinski definition) is 7. The van der Waals surface area contributed by atoms with E-state index >= 15 is 0 Å². The Morgan fingerprint density at radius 1 is 1.25 bits per heavy atom. The molecule has 0 bridgehead atoms. The van der Waals surface area contributed by atoms with Crippen LogP contribution < -0.4 is 9.46 Å². The summed E-state index contributed by atoms with van der Waals surface area (Å²) in [5.74, 6) is -4.10. The maximum atomic E-state index is 14.5. The van der Waals surface area contributed by atoms with Gasteiger partial charge in [0.1, 0.15) is 6.61 Å². The lowest BCUT2D eigenvalue weighted by Gasteiger charge is -2.13. The van der Waals surface area contributed by atoms with Crippen LogP contribution in [0, 0.1) is 11.6 Å². The number of aromatic nitrogens is 2. The molecule has 0 saturated heterocycles. The molecule has 0 spiro atoms. The molecule has 170 valence electrons. The minimum atomic E-state index is -3.87. The second-order valence-electron chi connectivity index (χ2n) is 6.64. The Morgan fingerprint density at radius 2 is 2.00 bits per heavy atom. The van der Waals surface area contributed by atoms with E-state index in [0.717, 1.165) is 0 Å². The molecular formula is C20H18ClF2N3O5S. The Balaban J connectivity index is 2.05. The molecule has 8 nitrogen and oxygen atoms in total. The topological polar surface area (TPSA) is 118 Å². The summed E-state index contributed by atoms with van der Waals surface area (Å²) in [4.78, 5) is 21.3. The van der Waals surface area contributed by atoms with Crippen molar-refractivity contribution in [2.24, 2.45) is 0 Å². The summed E-state index contributed by atoms with van der Waals surface area (Å²) in [5, 5.41) is 8.27. The van der Waals surface area contributed by atoms with Crippen LogP contribution in [0.25, 0.3) is 11.0 Å². The van der Waals surface area contributed by atoms with Gasteiger partial charge in [-0.1, -0.05) is 18.5 Å². The summed E-state index contributed by atoms with van der Waals surface area (Å²) in [6.07, 6.45) is 1.61. The van der Waals surface area contributed by atoms with Gasteiger partial charge in [-0.3, -0.25) is 9.52 Å². The van der Waals surface area contributed by atoms with Gasteiger partial charge in [-0.25, -0.2) is 27.2 Å². The first-order valence-corrected chi connectivity index (χ1v) is 11.4. The Hall–Kier alpha value is -2.89. The fraction of sp³-hybridized carbons (Fsp3) is 0.250. The smallest absolute Gasteiger partial charge is 0.232 e. The highest BCUT2D eigenvalue weighted by atomic mass is 35.5. The first kappa shape index (κ1) is 23.8. The van der Waals surface area contributed by atoms with E-state index in [1.54, 1.807) is 6.92 Å². The molecule has 3 aromatic rings. The van der Waals surface area contributed by atoms with Crippen molar-refractivity contribution in [3.05, 3.63) is 58.2 Å². The molecule has 0 aliphatic heterocycles. The number of ketones is 1. The molecule has 0 saturated carbocycles. The number of carbonyl (C=O) groups is 1. The quantitative estimate of drug-likeness (QED) is 0.352. The van der Waals surface area contributed by atoms with Crippen LogP contribution in [0.1, 0.15) is 29.3 Å². The summed E-state index contributed by atoms with van der Waals surface area (Å²) in [6, 6.07) is 4.65. The molecule has 32 heavy (non-hydrogen) atoms. The van der Waals surface area contributed by atoms with E-state index in [2.05, 4.69) is 14.7 Å². The fourth-order valence-corrected chi connectivity index (χ4v) is 4.33. The molecule has 1 aromatic heterocycles. The summed E-state index contributed by atoms with van der Waals surface area (Å²) < 4.78 is 60.1. The monoisotopic (exact) mass is 485 g/mol. The van der Waals surface area contributed by atoms with Crippen molar-refractivity contribution < 1.29 is 31.8 Å². The molecule has 12 heteroatoms. The number of hydrogen-bond donors (Lipinski definition) is 2. The summed E-state index contributed by atoms with van der Waals surface area (Å²) in [7, 11) is -3.87. The van der Waals surface area contributed by atoms with Crippen molar-refractivity contribution in [2.45, 2.75) is 13.3 Å². The van der Waals surface area contributed by atoms with Crippen LogP contribution in [0.4, 0.5) is 14.5 Å². The van der Waals surface area contributed by atoms with Crippen LogP contribution in [0.5, 0.6) is 5.88 Å². The van der Waals surface area contributed by atoms with E-state index in [-0.39, 0.29) is 42.3 Å². The normalized spacial score (nSPS) is 11.5. The summed E-state index contributed by atoms with van der Waals surface area (Å²) in [5.41, 5.74) is -0.719. The van der Waals surface area contributed by atoms with Crippen LogP contribution in [-0.4, -0.2) is 48.2 Å². The Morgan fingerprint density at radius 3 is 2.69 bits per heavy atom. The zero-order valence-corrected chi connectivity index (χ0v) is 18.3. The molecule has 0 atom stereocenters. The molecule has 1 heterocycles. The van der Waals surface area contributed by atoms with Crippen molar-refractivity contribution >= 4 is 44.1 Å². The van der Waals surface area contributed by atoms with Crippen molar-refractivity contribution in [3.8, 4) is 5.88 Å². The van der Waals surface area contributed by atoms with Crippen LogP contribution in [0.15, 0.2) is 30.5 Å². The fourth-order valence-electron chi connectivity index (χ4n) is 2.86. The van der Waals surface area contributed by atoms with Crippen molar-refractivity contribution in [3.63, 3.8) is 0 Å². The van der Waals surface area contributed by atoms with Crippen LogP contribution in [-0.2, 0) is 10.0 Å². The summed E-state index contributed by atoms with van der Waals surface area (Å²) >= 11 is 6.11. The molecule has 0 unspecified atom stereocenters. The molecule has 0 aliphatic rings. The highest BCUT2D eigenvalue weighted by Crippen LogP contribution is 2.33. The molecule has 0 amide bonds. The first-order chi connectivity index (χ1) is 15.2. The molecule has 0 fully saturated rings. The van der Waals surface area contributed by atoms with Gasteiger partial charge in [-0.2, -0.15) is 0 Å². The van der Waals surface area contributed by atoms with Crippen LogP contribution in [0.2, 0.25) is 5.02 Å². The zero-order valence-electron chi connectivity index (χ0n) is 16.7. The predicted molar refractivity (Wildman–Crippen MR) is 115 cm³/mol. The van der Waals surface area contributed by atoms with E-state index in [1.807, 2.05) is 0 Å². The third-order valence-electron chi connectivity index (χ3n) is 4.25. The van der Waals surface area contributed by atoms with Gasteiger partial charge in [0.25, 0.3) is 0 Å². The number of ether oxygens (including phenoxy) is 1. The number of fused-ring (bicyclic) bond motifs is 1. The average molecular weight is 486 g/mol. The lowest BCUT2D eigenvalue weighted by molar-refractivity contribution is 0.103. The Labute approximate surface area is 187 Å². The molecule has 0 aliphatic carbocycles. The highest BCUT2D eigenvalue weighted by molar-refractivity contribution is 7.92. The number of benzene rings is 2. The number of carbonyl (C=O) groups excluding carboxylic acids is 1. The lowest BCUT2D eigenvalue weighted by atomic mass is 10.0. The highest BCUT2D eigenvalue weighted by Gasteiger charge is 2.26. The van der Waals surface area contributed by atoms with Crippen LogP contribution >= 0.6 is 11.6 Å². The number of aliphatic hydroxyl groups excluding tert-OH is 1. The second-order valence-corrected chi connectivity index (χ2v) is 8.86. The molecule has 2 N–H and O–H groups in total. The van der Waals surface area contributed by atoms with Gasteiger partial charge in [-0.15, -0.1) is 0 Å². The minimum absolute atomic E-state index is 0.0143. The predicted octanol–water partition coefficient (Wildman–Crippen LogP) is 3.32. The van der Waals surface area contributed by atoms with Gasteiger partial charge >= 0.3 is 0 Å². The standard InChI is InChI=1S/C20H18ClF2N3O5S/c1-2-7-32(29,30)26-15-9-12(22)19(23)17(18(15)21)20(28)11-3-4-13-14(8-11)25-16(10-24-13)31-6-5-27/h3-4,8-10,26-27H,2,5-7H2,1H3. The van der Waals surface area contributed by atoms with Gasteiger partial charge in [0, 0.05) is 11.6 Å². The van der Waals surface area contributed by atoms with Gasteiger partial charge in [-0.05, 0) is 24.6 Å². The maximum Gasteiger partial charge on any atom is 0.232 e. The van der Waals surface area contributed by atoms with Crippen molar-refractivity contribution in [1.82, 2.24) is 9.97 Å². The molecular weight excluding hydrogens is 468 g/mol. The van der Waals surface area contributed by atoms with E-state index in [1.165, 1.54) is 24.4 Å². The van der Waals surface area contributed by atoms with E-state index in [9.17, 15) is 22.0 Å². The molecule has 0 radical (unpaired) electrons. The largest absolute Gasteiger partial charge is 0.474 e. The number of nitrogens with zero attached hydrogens (tertiary/aromatic N) is 2. The van der Waals surface area contributed by atoms with Gasteiger partial charge in [0.2, 0.25) is 15.9 Å².